The maximum atomic E-state index is 5.55. The zero-order chi connectivity index (χ0) is 13.5. The second kappa shape index (κ2) is 6.83. The van der Waals surface area contributed by atoms with E-state index in [2.05, 4.69) is 17.3 Å². The third-order valence-electron chi connectivity index (χ3n) is 2.83. The van der Waals surface area contributed by atoms with Crippen LogP contribution >= 0.6 is 0 Å². The van der Waals surface area contributed by atoms with E-state index in [-0.39, 0.29) is 0 Å². The van der Waals surface area contributed by atoms with Crippen LogP contribution in [0.15, 0.2) is 36.7 Å². The van der Waals surface area contributed by atoms with E-state index in [0.717, 1.165) is 37.4 Å². The van der Waals surface area contributed by atoms with Crippen molar-refractivity contribution in [2.45, 2.75) is 19.8 Å². The van der Waals surface area contributed by atoms with E-state index in [1.54, 1.807) is 0 Å². The van der Waals surface area contributed by atoms with Gasteiger partial charge in [0.25, 0.3) is 0 Å². The molecule has 102 valence electrons. The van der Waals surface area contributed by atoms with E-state index < -0.39 is 0 Å². The topological polar surface area (TPSA) is 39.1 Å². The molecule has 19 heavy (non-hydrogen) atoms. The number of nitrogens with one attached hydrogen (secondary N) is 1. The van der Waals surface area contributed by atoms with Crippen molar-refractivity contribution in [3.05, 3.63) is 42.2 Å². The summed E-state index contributed by atoms with van der Waals surface area (Å²) in [7, 11) is 1.94. The molecule has 0 saturated heterocycles. The van der Waals surface area contributed by atoms with Gasteiger partial charge < -0.3 is 10.1 Å². The molecule has 1 N–H and O–H groups in total. The molecule has 0 aliphatic carbocycles. The fourth-order valence-corrected chi connectivity index (χ4v) is 1.84. The van der Waals surface area contributed by atoms with Crippen molar-refractivity contribution in [3.8, 4) is 5.75 Å². The maximum Gasteiger partial charge on any atom is 0.119 e. The van der Waals surface area contributed by atoms with Crippen molar-refractivity contribution >= 4 is 5.69 Å². The molecular weight excluding hydrogens is 238 g/mol. The number of anilines is 1. The fraction of sp³-hybridized carbons (Fsp3) is 0.400. The van der Waals surface area contributed by atoms with Crippen LogP contribution in [-0.2, 0) is 13.5 Å². The van der Waals surface area contributed by atoms with E-state index in [1.807, 2.05) is 48.4 Å². The molecule has 2 rings (SSSR count). The number of nitrogens with zero attached hydrogens (tertiary/aromatic N) is 2. The first-order valence-electron chi connectivity index (χ1n) is 6.72. The van der Waals surface area contributed by atoms with Crippen molar-refractivity contribution in [2.75, 3.05) is 18.5 Å². The Balaban J connectivity index is 1.76. The highest BCUT2D eigenvalue weighted by Crippen LogP contribution is 2.15. The van der Waals surface area contributed by atoms with Gasteiger partial charge in [-0.05, 0) is 42.7 Å². The molecule has 4 heteroatoms. The molecular formula is C15H21N3O. The van der Waals surface area contributed by atoms with Crippen molar-refractivity contribution in [1.29, 1.82) is 0 Å². The van der Waals surface area contributed by atoms with Crippen molar-refractivity contribution in [2.24, 2.45) is 7.05 Å². The predicted octanol–water partition coefficient (Wildman–Crippen LogP) is 2.86. The molecule has 0 radical (unpaired) electrons. The lowest BCUT2D eigenvalue weighted by Gasteiger charge is -2.08. The van der Waals surface area contributed by atoms with Crippen LogP contribution in [0.5, 0.6) is 5.75 Å². The molecule has 0 unspecified atom stereocenters. The number of hydrogen-bond donors (Lipinski definition) is 1. The van der Waals surface area contributed by atoms with Crippen LogP contribution in [0.2, 0.25) is 0 Å². The fourth-order valence-electron chi connectivity index (χ4n) is 1.84. The van der Waals surface area contributed by atoms with Crippen LogP contribution in [0.25, 0.3) is 0 Å². The van der Waals surface area contributed by atoms with Crippen LogP contribution in [0, 0.1) is 0 Å². The molecule has 0 saturated carbocycles. The number of ether oxygens (including phenoxy) is 1. The number of aryl methyl sites for hydroxylation is 1. The summed E-state index contributed by atoms with van der Waals surface area (Å²) in [6.07, 6.45) is 5.96. The van der Waals surface area contributed by atoms with E-state index >= 15 is 0 Å². The average molecular weight is 259 g/mol. The van der Waals surface area contributed by atoms with Crippen molar-refractivity contribution < 1.29 is 4.74 Å². The smallest absolute Gasteiger partial charge is 0.119 e. The van der Waals surface area contributed by atoms with E-state index in [9.17, 15) is 0 Å². The Morgan fingerprint density at radius 3 is 2.68 bits per heavy atom. The number of aromatic nitrogens is 2. The first-order chi connectivity index (χ1) is 9.28. The molecule has 4 nitrogen and oxygen atoms in total. The van der Waals surface area contributed by atoms with Gasteiger partial charge in [0.05, 0.1) is 12.8 Å². The summed E-state index contributed by atoms with van der Waals surface area (Å²) in [5.41, 5.74) is 2.37. The molecule has 0 aliphatic rings. The Hall–Kier alpha value is -1.97. The second-order valence-corrected chi connectivity index (χ2v) is 4.57. The Kier molecular flexibility index (Phi) is 4.84. The Labute approximate surface area is 114 Å². The van der Waals surface area contributed by atoms with Gasteiger partial charge in [-0.1, -0.05) is 6.92 Å². The van der Waals surface area contributed by atoms with Gasteiger partial charge in [0.1, 0.15) is 5.75 Å². The molecule has 2 aromatic rings. The first kappa shape index (κ1) is 13.5. The van der Waals surface area contributed by atoms with Gasteiger partial charge in [0, 0.05) is 25.5 Å². The quantitative estimate of drug-likeness (QED) is 0.831. The van der Waals surface area contributed by atoms with Crippen LogP contribution < -0.4 is 10.1 Å². The zero-order valence-corrected chi connectivity index (χ0v) is 11.6. The Bertz CT molecular complexity index is 490. The van der Waals surface area contributed by atoms with Crippen LogP contribution in [0.1, 0.15) is 18.9 Å². The lowest BCUT2D eigenvalue weighted by Crippen LogP contribution is -2.04. The highest BCUT2D eigenvalue weighted by molar-refractivity contribution is 5.46. The monoisotopic (exact) mass is 259 g/mol. The molecule has 0 amide bonds. The summed E-state index contributed by atoms with van der Waals surface area (Å²) in [6, 6.07) is 8.10. The number of rotatable bonds is 7. The summed E-state index contributed by atoms with van der Waals surface area (Å²) in [5, 5.41) is 7.55. The minimum atomic E-state index is 0.772. The lowest BCUT2D eigenvalue weighted by molar-refractivity contribution is 0.317. The molecule has 0 atom stereocenters. The van der Waals surface area contributed by atoms with Gasteiger partial charge in [-0.15, -0.1) is 0 Å². The van der Waals surface area contributed by atoms with Crippen molar-refractivity contribution in [1.82, 2.24) is 9.78 Å². The minimum absolute atomic E-state index is 0.772. The SMILES string of the molecule is CCCOc1ccc(NCCc2cnn(C)c2)cc1. The van der Waals surface area contributed by atoms with E-state index in [0.29, 0.717) is 0 Å². The summed E-state index contributed by atoms with van der Waals surface area (Å²) in [5.74, 6) is 0.930. The third-order valence-corrected chi connectivity index (χ3v) is 2.83. The second-order valence-electron chi connectivity index (χ2n) is 4.57. The average Bonchev–Trinajstić information content (AvgIpc) is 2.84. The van der Waals surface area contributed by atoms with Gasteiger partial charge in [-0.2, -0.15) is 5.10 Å². The van der Waals surface area contributed by atoms with E-state index in [4.69, 9.17) is 4.74 Å². The summed E-state index contributed by atoms with van der Waals surface area (Å²) < 4.78 is 7.38. The molecule has 1 aromatic heterocycles. The van der Waals surface area contributed by atoms with Crippen LogP contribution in [0.3, 0.4) is 0 Å². The van der Waals surface area contributed by atoms with Gasteiger partial charge in [-0.3, -0.25) is 4.68 Å². The molecule has 1 aromatic carbocycles. The van der Waals surface area contributed by atoms with Gasteiger partial charge in [0.15, 0.2) is 0 Å². The molecule has 0 bridgehead atoms. The summed E-state index contributed by atoms with van der Waals surface area (Å²) in [6.45, 7) is 3.78. The van der Waals surface area contributed by atoms with Crippen LogP contribution in [0.4, 0.5) is 5.69 Å². The normalized spacial score (nSPS) is 10.4. The molecule has 0 aliphatic heterocycles. The third kappa shape index (κ3) is 4.32. The molecule has 0 spiro atoms. The number of benzene rings is 1. The predicted molar refractivity (Wildman–Crippen MR) is 77.6 cm³/mol. The lowest BCUT2D eigenvalue weighted by atomic mass is 10.2. The standard InChI is InChI=1S/C15H21N3O/c1-3-10-19-15-6-4-14(5-7-15)16-9-8-13-11-17-18(2)12-13/h4-7,11-12,16H,3,8-10H2,1-2H3. The highest BCUT2D eigenvalue weighted by atomic mass is 16.5. The van der Waals surface area contributed by atoms with Gasteiger partial charge in [0.2, 0.25) is 0 Å². The molecule has 0 fully saturated rings. The Morgan fingerprint density at radius 2 is 2.05 bits per heavy atom. The van der Waals surface area contributed by atoms with Gasteiger partial charge in [-0.25, -0.2) is 0 Å². The van der Waals surface area contributed by atoms with Crippen molar-refractivity contribution in [3.63, 3.8) is 0 Å². The van der Waals surface area contributed by atoms with Crippen LogP contribution in [-0.4, -0.2) is 22.9 Å². The van der Waals surface area contributed by atoms with E-state index in [1.165, 1.54) is 5.56 Å². The Morgan fingerprint density at radius 1 is 1.26 bits per heavy atom. The summed E-state index contributed by atoms with van der Waals surface area (Å²) in [4.78, 5) is 0. The number of hydrogen-bond acceptors (Lipinski definition) is 3. The minimum Gasteiger partial charge on any atom is -0.494 e. The highest BCUT2D eigenvalue weighted by Gasteiger charge is 1.97. The molecule has 1 heterocycles. The first-order valence-corrected chi connectivity index (χ1v) is 6.72. The largest absolute Gasteiger partial charge is 0.494 e. The maximum absolute atomic E-state index is 5.55. The zero-order valence-electron chi connectivity index (χ0n) is 11.6. The van der Waals surface area contributed by atoms with Gasteiger partial charge >= 0.3 is 0 Å². The summed E-state index contributed by atoms with van der Waals surface area (Å²) >= 11 is 0.